The molecule has 2 atom stereocenters. The van der Waals surface area contributed by atoms with Crippen LogP contribution in [0.4, 0.5) is 0 Å². The second kappa shape index (κ2) is 10.6. The van der Waals surface area contributed by atoms with Crippen molar-refractivity contribution in [1.82, 2.24) is 15.0 Å². The van der Waals surface area contributed by atoms with E-state index in [1.807, 2.05) is 42.5 Å². The largest absolute Gasteiger partial charge is 0.485 e. The zero-order valence-corrected chi connectivity index (χ0v) is 25.7. The summed E-state index contributed by atoms with van der Waals surface area (Å²) in [5.41, 5.74) is 7.78. The summed E-state index contributed by atoms with van der Waals surface area (Å²) in [5.74, 6) is 2.93. The highest BCUT2D eigenvalue weighted by atomic mass is 16.5. The predicted octanol–water partition coefficient (Wildman–Crippen LogP) is 10.4. The monoisotopic (exact) mass is 617 g/mol. The van der Waals surface area contributed by atoms with Crippen molar-refractivity contribution < 1.29 is 9.15 Å². The SMILES string of the molecule is C1=CC2c3ccccc3OC2C=C1c1nc(-c2ccc3ccccc3c2)nc(-c2ccccc2-c2cccc3oc4ccccc4c23)n1. The summed E-state index contributed by atoms with van der Waals surface area (Å²) in [5, 5.41) is 4.46. The van der Waals surface area contributed by atoms with Crippen molar-refractivity contribution in [2.45, 2.75) is 12.0 Å². The molecule has 0 spiro atoms. The molecule has 5 heteroatoms. The van der Waals surface area contributed by atoms with Crippen LogP contribution < -0.4 is 4.74 Å². The van der Waals surface area contributed by atoms with E-state index in [9.17, 15) is 0 Å². The number of allylic oxidation sites excluding steroid dienone is 2. The quantitative estimate of drug-likeness (QED) is 0.197. The van der Waals surface area contributed by atoms with Crippen molar-refractivity contribution in [1.29, 1.82) is 0 Å². The van der Waals surface area contributed by atoms with E-state index in [-0.39, 0.29) is 12.0 Å². The average molecular weight is 618 g/mol. The Morgan fingerprint density at radius 3 is 2.23 bits per heavy atom. The summed E-state index contributed by atoms with van der Waals surface area (Å²) < 4.78 is 12.6. The lowest BCUT2D eigenvalue weighted by Crippen LogP contribution is -2.18. The summed E-state index contributed by atoms with van der Waals surface area (Å²) in [7, 11) is 0. The molecule has 2 unspecified atom stereocenters. The number of hydrogen-bond donors (Lipinski definition) is 0. The van der Waals surface area contributed by atoms with Gasteiger partial charge in [-0.15, -0.1) is 0 Å². The molecular weight excluding hydrogens is 590 g/mol. The van der Waals surface area contributed by atoms with E-state index in [2.05, 4.69) is 109 Å². The molecular formula is C43H27N3O2. The van der Waals surface area contributed by atoms with E-state index in [4.69, 9.17) is 24.1 Å². The lowest BCUT2D eigenvalue weighted by atomic mass is 9.89. The van der Waals surface area contributed by atoms with Crippen LogP contribution in [0, 0.1) is 0 Å². The molecule has 0 saturated carbocycles. The van der Waals surface area contributed by atoms with Crippen molar-refractivity contribution in [3.05, 3.63) is 163 Å². The van der Waals surface area contributed by atoms with Gasteiger partial charge >= 0.3 is 0 Å². The smallest absolute Gasteiger partial charge is 0.164 e. The van der Waals surface area contributed by atoms with Gasteiger partial charge in [0.2, 0.25) is 0 Å². The van der Waals surface area contributed by atoms with E-state index in [0.717, 1.165) is 60.9 Å². The molecule has 6 aromatic carbocycles. The highest BCUT2D eigenvalue weighted by molar-refractivity contribution is 6.13. The van der Waals surface area contributed by atoms with Crippen LogP contribution in [-0.4, -0.2) is 21.1 Å². The molecule has 0 fully saturated rings. The number of nitrogens with zero attached hydrogens (tertiary/aromatic N) is 3. The van der Waals surface area contributed by atoms with Gasteiger partial charge in [0.15, 0.2) is 17.5 Å². The van der Waals surface area contributed by atoms with E-state index >= 15 is 0 Å². The van der Waals surface area contributed by atoms with Crippen molar-refractivity contribution >= 4 is 38.3 Å². The molecule has 1 aliphatic heterocycles. The molecule has 3 heterocycles. The van der Waals surface area contributed by atoms with Crippen LogP contribution in [0.3, 0.4) is 0 Å². The standard InChI is InChI=1S/C43H27N3O2/c1-2-11-27-24-28(21-20-26(27)10-1)41-44-42(29-22-23-32-31-13-5-7-17-36(31)48-39(32)25-29)46-43(45-41)34-14-4-3-12-30(34)33-16-9-19-38-40(33)35-15-6-8-18-37(35)47-38/h1-25,32,39H. The molecule has 0 radical (unpaired) electrons. The van der Waals surface area contributed by atoms with Crippen molar-refractivity contribution in [3.8, 4) is 39.7 Å². The molecule has 2 aliphatic rings. The molecule has 10 rings (SSSR count). The maximum absolute atomic E-state index is 6.38. The predicted molar refractivity (Wildman–Crippen MR) is 192 cm³/mol. The molecule has 0 saturated heterocycles. The molecule has 0 bridgehead atoms. The van der Waals surface area contributed by atoms with Gasteiger partial charge in [-0.1, -0.05) is 121 Å². The Hall–Kier alpha value is -6.33. The van der Waals surface area contributed by atoms with E-state index in [0.29, 0.717) is 17.5 Å². The third-order valence-corrected chi connectivity index (χ3v) is 9.48. The normalized spacial score (nSPS) is 16.5. The number of aromatic nitrogens is 3. The Balaban J connectivity index is 1.17. The second-order valence-corrected chi connectivity index (χ2v) is 12.3. The molecule has 0 N–H and O–H groups in total. The van der Waals surface area contributed by atoms with Crippen molar-refractivity contribution in [3.63, 3.8) is 0 Å². The summed E-state index contributed by atoms with van der Waals surface area (Å²) in [6, 6.07) is 45.7. The van der Waals surface area contributed by atoms with Gasteiger partial charge in [-0.2, -0.15) is 0 Å². The average Bonchev–Trinajstić information content (AvgIpc) is 3.72. The zero-order valence-electron chi connectivity index (χ0n) is 25.7. The topological polar surface area (TPSA) is 61.0 Å². The van der Waals surface area contributed by atoms with Crippen LogP contribution in [0.1, 0.15) is 17.3 Å². The Morgan fingerprint density at radius 2 is 1.27 bits per heavy atom. The van der Waals surface area contributed by atoms with E-state index in [1.165, 1.54) is 10.9 Å². The minimum Gasteiger partial charge on any atom is -0.485 e. The fourth-order valence-electron chi connectivity index (χ4n) is 7.19. The number of furan rings is 1. The Labute approximate surface area is 276 Å². The molecule has 1 aliphatic carbocycles. The number of ether oxygens (including phenoxy) is 1. The van der Waals surface area contributed by atoms with Gasteiger partial charge in [-0.3, -0.25) is 0 Å². The lowest BCUT2D eigenvalue weighted by molar-refractivity contribution is 0.269. The Bertz CT molecular complexity index is 2630. The van der Waals surface area contributed by atoms with Crippen LogP contribution in [0.15, 0.2) is 156 Å². The maximum Gasteiger partial charge on any atom is 0.164 e. The van der Waals surface area contributed by atoms with Gasteiger partial charge in [0.25, 0.3) is 0 Å². The summed E-state index contributed by atoms with van der Waals surface area (Å²) in [6.45, 7) is 0. The zero-order chi connectivity index (χ0) is 31.6. The highest BCUT2D eigenvalue weighted by Gasteiger charge is 2.33. The maximum atomic E-state index is 6.38. The molecule has 0 amide bonds. The number of para-hydroxylation sites is 2. The van der Waals surface area contributed by atoms with Gasteiger partial charge in [0, 0.05) is 39.0 Å². The number of benzene rings is 6. The molecule has 5 nitrogen and oxygen atoms in total. The van der Waals surface area contributed by atoms with Gasteiger partial charge in [-0.25, -0.2) is 15.0 Å². The minimum absolute atomic E-state index is 0.119. The van der Waals surface area contributed by atoms with Gasteiger partial charge in [0.05, 0.1) is 0 Å². The van der Waals surface area contributed by atoms with Crippen LogP contribution >= 0.6 is 0 Å². The van der Waals surface area contributed by atoms with Gasteiger partial charge < -0.3 is 9.15 Å². The van der Waals surface area contributed by atoms with Gasteiger partial charge in [-0.05, 0) is 52.2 Å². The van der Waals surface area contributed by atoms with Crippen molar-refractivity contribution in [2.75, 3.05) is 0 Å². The molecule has 8 aromatic rings. The first kappa shape index (κ1) is 26.8. The fraction of sp³-hybridized carbons (Fsp3) is 0.0465. The van der Waals surface area contributed by atoms with Crippen LogP contribution in [0.5, 0.6) is 5.75 Å². The molecule has 226 valence electrons. The van der Waals surface area contributed by atoms with E-state index in [1.54, 1.807) is 0 Å². The third-order valence-electron chi connectivity index (χ3n) is 9.48. The van der Waals surface area contributed by atoms with Crippen LogP contribution in [-0.2, 0) is 0 Å². The summed E-state index contributed by atoms with van der Waals surface area (Å²) in [6.07, 6.45) is 6.37. The Morgan fingerprint density at radius 1 is 0.542 bits per heavy atom. The first-order chi connectivity index (χ1) is 23.8. The summed E-state index contributed by atoms with van der Waals surface area (Å²) in [4.78, 5) is 15.4. The highest BCUT2D eigenvalue weighted by Crippen LogP contribution is 2.44. The number of hydrogen-bond acceptors (Lipinski definition) is 5. The second-order valence-electron chi connectivity index (χ2n) is 12.3. The summed E-state index contributed by atoms with van der Waals surface area (Å²) >= 11 is 0. The van der Waals surface area contributed by atoms with Crippen LogP contribution in [0.2, 0.25) is 0 Å². The number of fused-ring (bicyclic) bond motifs is 7. The lowest BCUT2D eigenvalue weighted by Gasteiger charge is -2.19. The van der Waals surface area contributed by atoms with Gasteiger partial charge in [0.1, 0.15) is 23.0 Å². The van der Waals surface area contributed by atoms with Crippen molar-refractivity contribution in [2.24, 2.45) is 0 Å². The van der Waals surface area contributed by atoms with Crippen LogP contribution in [0.25, 0.3) is 72.2 Å². The third kappa shape index (κ3) is 4.28. The fourth-order valence-corrected chi connectivity index (χ4v) is 7.19. The number of rotatable bonds is 4. The van der Waals surface area contributed by atoms with E-state index < -0.39 is 0 Å². The molecule has 2 aromatic heterocycles. The Kier molecular flexibility index (Phi) is 5.93. The molecule has 48 heavy (non-hydrogen) atoms. The first-order valence-corrected chi connectivity index (χ1v) is 16.2. The first-order valence-electron chi connectivity index (χ1n) is 16.2. The minimum atomic E-state index is -0.119.